The van der Waals surface area contributed by atoms with E-state index >= 15 is 0 Å². The maximum absolute atomic E-state index is 12.8. The average molecular weight is 313 g/mol. The van der Waals surface area contributed by atoms with Gasteiger partial charge in [-0.25, -0.2) is 8.42 Å². The van der Waals surface area contributed by atoms with Crippen molar-refractivity contribution in [1.82, 2.24) is 4.31 Å². The molecule has 1 N–H and O–H groups in total. The molecule has 6 heteroatoms. The van der Waals surface area contributed by atoms with Crippen LogP contribution in [-0.4, -0.2) is 43.6 Å². The number of benzene rings is 1. The molecule has 0 amide bonds. The molecule has 1 aliphatic rings. The average Bonchev–Trinajstić information content (AvgIpc) is 2.48. The van der Waals surface area contributed by atoms with Gasteiger partial charge in [0, 0.05) is 19.7 Å². The summed E-state index contributed by atoms with van der Waals surface area (Å²) in [6.45, 7) is 5.02. The zero-order valence-corrected chi connectivity index (χ0v) is 13.4. The van der Waals surface area contributed by atoms with Crippen LogP contribution in [0.4, 0.5) is 0 Å². The van der Waals surface area contributed by atoms with Crippen LogP contribution in [0, 0.1) is 6.92 Å². The molecule has 1 aliphatic heterocycles. The van der Waals surface area contributed by atoms with Gasteiger partial charge in [-0.05, 0) is 43.9 Å². The molecule has 1 heterocycles. The highest BCUT2D eigenvalue weighted by atomic mass is 32.2. The zero-order chi connectivity index (χ0) is 15.5. The van der Waals surface area contributed by atoms with Crippen LogP contribution < -0.4 is 0 Å². The van der Waals surface area contributed by atoms with Crippen molar-refractivity contribution >= 4 is 10.0 Å². The molecule has 1 atom stereocenters. The maximum atomic E-state index is 12.8. The van der Waals surface area contributed by atoms with Crippen molar-refractivity contribution in [3.63, 3.8) is 0 Å². The third kappa shape index (κ3) is 3.45. The van der Waals surface area contributed by atoms with Crippen LogP contribution in [0.15, 0.2) is 23.1 Å². The van der Waals surface area contributed by atoms with Gasteiger partial charge in [0.15, 0.2) is 0 Å². The summed E-state index contributed by atoms with van der Waals surface area (Å²) < 4.78 is 32.7. The second-order valence-corrected chi connectivity index (χ2v) is 7.19. The minimum atomic E-state index is -3.53. The second kappa shape index (κ2) is 6.87. The highest BCUT2D eigenvalue weighted by Crippen LogP contribution is 2.26. The van der Waals surface area contributed by atoms with Crippen LogP contribution in [0.3, 0.4) is 0 Å². The largest absolute Gasteiger partial charge is 0.392 e. The van der Waals surface area contributed by atoms with Gasteiger partial charge < -0.3 is 9.84 Å². The molecule has 1 aromatic rings. The first kappa shape index (κ1) is 16.4. The fourth-order valence-corrected chi connectivity index (χ4v) is 4.52. The predicted molar refractivity (Wildman–Crippen MR) is 80.5 cm³/mol. The Balaban J connectivity index is 2.29. The minimum Gasteiger partial charge on any atom is -0.392 e. The number of aliphatic hydroxyl groups excluding tert-OH is 1. The number of sulfonamides is 1. The van der Waals surface area contributed by atoms with E-state index in [1.54, 1.807) is 25.1 Å². The Kier molecular flexibility index (Phi) is 5.37. The molecule has 0 aromatic heterocycles. The molecular formula is C15H23NO4S. The third-order valence-electron chi connectivity index (χ3n) is 3.93. The normalized spacial score (nSPS) is 20.6. The van der Waals surface area contributed by atoms with Crippen LogP contribution in [0.2, 0.25) is 0 Å². The number of hydrogen-bond donors (Lipinski definition) is 1. The van der Waals surface area contributed by atoms with Gasteiger partial charge in [0.2, 0.25) is 10.0 Å². The first-order valence-corrected chi connectivity index (χ1v) is 8.75. The molecular weight excluding hydrogens is 290 g/mol. The molecule has 2 rings (SSSR count). The quantitative estimate of drug-likeness (QED) is 0.898. The molecule has 5 nitrogen and oxygen atoms in total. The minimum absolute atomic E-state index is 0.0279. The summed E-state index contributed by atoms with van der Waals surface area (Å²) in [6, 6.07) is 5.02. The number of rotatable bonds is 5. The molecule has 118 valence electrons. The van der Waals surface area contributed by atoms with Gasteiger partial charge in [0.05, 0.1) is 17.6 Å². The molecule has 0 spiro atoms. The molecule has 0 saturated carbocycles. The molecule has 0 bridgehead atoms. The number of ether oxygens (including phenoxy) is 1. The smallest absolute Gasteiger partial charge is 0.243 e. The fraction of sp³-hybridized carbons (Fsp3) is 0.600. The lowest BCUT2D eigenvalue weighted by Crippen LogP contribution is -2.43. The zero-order valence-electron chi connectivity index (χ0n) is 12.6. The van der Waals surface area contributed by atoms with Crippen molar-refractivity contribution in [2.75, 3.05) is 19.7 Å². The summed E-state index contributed by atoms with van der Waals surface area (Å²) in [5.41, 5.74) is 1.27. The standard InChI is InChI=1S/C15H23NO4S/c1-3-20-14-7-5-9-16(10-14)21(18,19)15-8-4-6-13(11-17)12(15)2/h4,6,8,14,17H,3,5,7,9-11H2,1-2H3. The van der Waals surface area contributed by atoms with Crippen LogP contribution >= 0.6 is 0 Å². The Morgan fingerprint density at radius 2 is 2.19 bits per heavy atom. The van der Waals surface area contributed by atoms with Crippen LogP contribution in [0.25, 0.3) is 0 Å². The fourth-order valence-electron chi connectivity index (χ4n) is 2.74. The van der Waals surface area contributed by atoms with Crippen LogP contribution in [0.1, 0.15) is 30.9 Å². The molecule has 1 saturated heterocycles. The first-order chi connectivity index (χ1) is 10.0. The van der Waals surface area contributed by atoms with Gasteiger partial charge in [-0.3, -0.25) is 0 Å². The maximum Gasteiger partial charge on any atom is 0.243 e. The predicted octanol–water partition coefficient (Wildman–Crippen LogP) is 1.68. The van der Waals surface area contributed by atoms with E-state index < -0.39 is 10.0 Å². The molecule has 1 fully saturated rings. The summed E-state index contributed by atoms with van der Waals surface area (Å²) in [7, 11) is -3.53. The van der Waals surface area contributed by atoms with Gasteiger partial charge in [-0.15, -0.1) is 0 Å². The number of hydrogen-bond acceptors (Lipinski definition) is 4. The Labute approximate surface area is 126 Å². The Bertz CT molecular complexity index is 583. The van der Waals surface area contributed by atoms with Crippen LogP contribution in [0.5, 0.6) is 0 Å². The van der Waals surface area contributed by atoms with E-state index in [-0.39, 0.29) is 17.6 Å². The van der Waals surface area contributed by atoms with E-state index in [0.717, 1.165) is 12.8 Å². The van der Waals surface area contributed by atoms with Crippen molar-refractivity contribution in [3.05, 3.63) is 29.3 Å². The highest BCUT2D eigenvalue weighted by Gasteiger charge is 2.31. The molecule has 21 heavy (non-hydrogen) atoms. The summed E-state index contributed by atoms with van der Waals surface area (Å²) in [5.74, 6) is 0. The topological polar surface area (TPSA) is 66.8 Å². The van der Waals surface area contributed by atoms with Crippen LogP contribution in [-0.2, 0) is 21.4 Å². The van der Waals surface area contributed by atoms with Crippen molar-refractivity contribution in [2.45, 2.75) is 44.3 Å². The lowest BCUT2D eigenvalue weighted by molar-refractivity contribution is 0.0265. The number of piperidine rings is 1. The third-order valence-corrected chi connectivity index (χ3v) is 5.94. The number of nitrogens with zero attached hydrogens (tertiary/aromatic N) is 1. The number of aliphatic hydroxyl groups is 1. The Morgan fingerprint density at radius 1 is 1.43 bits per heavy atom. The van der Waals surface area contributed by atoms with Gasteiger partial charge in [-0.1, -0.05) is 12.1 Å². The van der Waals surface area contributed by atoms with Crippen molar-refractivity contribution < 1.29 is 18.3 Å². The lowest BCUT2D eigenvalue weighted by atomic mass is 10.1. The summed E-state index contributed by atoms with van der Waals surface area (Å²) in [6.07, 6.45) is 1.68. The summed E-state index contributed by atoms with van der Waals surface area (Å²) in [5, 5.41) is 9.30. The Hall–Kier alpha value is -0.950. The highest BCUT2D eigenvalue weighted by molar-refractivity contribution is 7.89. The van der Waals surface area contributed by atoms with Crippen molar-refractivity contribution in [2.24, 2.45) is 0 Å². The molecule has 0 radical (unpaired) electrons. The Morgan fingerprint density at radius 3 is 2.86 bits per heavy atom. The van der Waals surface area contributed by atoms with E-state index in [4.69, 9.17) is 4.74 Å². The van der Waals surface area contributed by atoms with Crippen molar-refractivity contribution in [3.8, 4) is 0 Å². The van der Waals surface area contributed by atoms with E-state index in [0.29, 0.717) is 30.8 Å². The second-order valence-electron chi connectivity index (χ2n) is 5.28. The molecule has 1 aromatic carbocycles. The van der Waals surface area contributed by atoms with E-state index in [2.05, 4.69) is 0 Å². The van der Waals surface area contributed by atoms with Gasteiger partial charge in [0.25, 0.3) is 0 Å². The summed E-state index contributed by atoms with van der Waals surface area (Å²) >= 11 is 0. The van der Waals surface area contributed by atoms with Crippen molar-refractivity contribution in [1.29, 1.82) is 0 Å². The van der Waals surface area contributed by atoms with Gasteiger partial charge in [0.1, 0.15) is 0 Å². The SMILES string of the molecule is CCOC1CCCN(S(=O)(=O)c2cccc(CO)c2C)C1. The van der Waals surface area contributed by atoms with E-state index in [1.807, 2.05) is 6.92 Å². The molecule has 1 unspecified atom stereocenters. The van der Waals surface area contributed by atoms with Gasteiger partial charge >= 0.3 is 0 Å². The monoisotopic (exact) mass is 313 g/mol. The first-order valence-electron chi connectivity index (χ1n) is 7.31. The molecule has 0 aliphatic carbocycles. The van der Waals surface area contributed by atoms with E-state index in [9.17, 15) is 13.5 Å². The van der Waals surface area contributed by atoms with E-state index in [1.165, 1.54) is 4.31 Å². The lowest BCUT2D eigenvalue weighted by Gasteiger charge is -2.32. The summed E-state index contributed by atoms with van der Waals surface area (Å²) in [4.78, 5) is 0.284. The van der Waals surface area contributed by atoms with Gasteiger partial charge in [-0.2, -0.15) is 4.31 Å².